The third-order valence-corrected chi connectivity index (χ3v) is 3.58. The van der Waals surface area contributed by atoms with Crippen LogP contribution in [0.15, 0.2) is 42.5 Å². The number of halogens is 1. The van der Waals surface area contributed by atoms with E-state index in [1.165, 1.54) is 11.1 Å². The van der Waals surface area contributed by atoms with Crippen LogP contribution in [0.5, 0.6) is 5.75 Å². The topological polar surface area (TPSA) is 47.3 Å². The van der Waals surface area contributed by atoms with Crippen molar-refractivity contribution in [1.29, 1.82) is 0 Å². The Morgan fingerprint density at radius 1 is 1.15 bits per heavy atom. The van der Waals surface area contributed by atoms with Crippen LogP contribution < -0.4 is 16.0 Å². The zero-order valence-corrected chi connectivity index (χ0v) is 12.4. The molecule has 0 aliphatic carbocycles. The number of hydrogen-bond donors (Lipinski definition) is 2. The predicted octanol–water partition coefficient (Wildman–Crippen LogP) is 3.54. The van der Waals surface area contributed by atoms with Crippen LogP contribution in [0.2, 0.25) is 5.02 Å². The molecule has 2 aromatic carbocycles. The van der Waals surface area contributed by atoms with Gasteiger partial charge in [0.25, 0.3) is 0 Å². The van der Waals surface area contributed by atoms with Crippen LogP contribution in [0.3, 0.4) is 0 Å². The highest BCUT2D eigenvalue weighted by Crippen LogP contribution is 2.21. The molecule has 1 atom stereocenters. The second-order valence-electron chi connectivity index (χ2n) is 4.83. The van der Waals surface area contributed by atoms with E-state index < -0.39 is 0 Å². The Morgan fingerprint density at radius 3 is 2.60 bits per heavy atom. The molecule has 20 heavy (non-hydrogen) atoms. The molecule has 0 saturated heterocycles. The van der Waals surface area contributed by atoms with Gasteiger partial charge < -0.3 is 4.74 Å². The Hall–Kier alpha value is -1.55. The standard InChI is InChI=1S/C16H19ClN2O/c1-11-6-7-13(8-12(11)2)16(19-18)10-20-15-5-3-4-14(17)9-15/h3-9,16,19H,10,18H2,1-2H3. The van der Waals surface area contributed by atoms with Crippen LogP contribution >= 0.6 is 11.6 Å². The zero-order chi connectivity index (χ0) is 14.5. The molecule has 0 aliphatic rings. The van der Waals surface area contributed by atoms with Gasteiger partial charge in [-0.2, -0.15) is 0 Å². The Labute approximate surface area is 124 Å². The average molecular weight is 291 g/mol. The fourth-order valence-electron chi connectivity index (χ4n) is 1.96. The Kier molecular flexibility index (Phi) is 5.01. The second-order valence-corrected chi connectivity index (χ2v) is 5.27. The van der Waals surface area contributed by atoms with Gasteiger partial charge in [0.2, 0.25) is 0 Å². The summed E-state index contributed by atoms with van der Waals surface area (Å²) in [6.45, 7) is 4.62. The molecule has 0 fully saturated rings. The number of aryl methyl sites for hydroxylation is 2. The summed E-state index contributed by atoms with van der Waals surface area (Å²) >= 11 is 5.93. The lowest BCUT2D eigenvalue weighted by molar-refractivity contribution is 0.267. The highest BCUT2D eigenvalue weighted by atomic mass is 35.5. The van der Waals surface area contributed by atoms with Gasteiger partial charge in [-0.15, -0.1) is 0 Å². The maximum atomic E-state index is 5.93. The van der Waals surface area contributed by atoms with E-state index in [0.717, 1.165) is 11.3 Å². The van der Waals surface area contributed by atoms with Crippen molar-refractivity contribution in [3.05, 3.63) is 64.2 Å². The lowest BCUT2D eigenvalue weighted by atomic mass is 10.0. The number of hydrogen-bond acceptors (Lipinski definition) is 3. The summed E-state index contributed by atoms with van der Waals surface area (Å²) in [6, 6.07) is 13.6. The molecule has 0 amide bonds. The Balaban J connectivity index is 2.07. The van der Waals surface area contributed by atoms with Crippen LogP contribution in [0.25, 0.3) is 0 Å². The van der Waals surface area contributed by atoms with Crippen molar-refractivity contribution >= 4 is 11.6 Å². The SMILES string of the molecule is Cc1ccc(C(COc2cccc(Cl)c2)NN)cc1C. The van der Waals surface area contributed by atoms with Crippen LogP contribution in [-0.4, -0.2) is 6.61 Å². The van der Waals surface area contributed by atoms with Crippen molar-refractivity contribution in [1.82, 2.24) is 5.43 Å². The van der Waals surface area contributed by atoms with E-state index in [4.69, 9.17) is 22.2 Å². The molecule has 0 heterocycles. The smallest absolute Gasteiger partial charge is 0.120 e. The first-order valence-electron chi connectivity index (χ1n) is 6.52. The zero-order valence-electron chi connectivity index (χ0n) is 11.7. The molecule has 106 valence electrons. The molecule has 2 rings (SSSR count). The van der Waals surface area contributed by atoms with Gasteiger partial charge in [0.05, 0.1) is 6.04 Å². The number of rotatable bonds is 5. The Bertz CT molecular complexity index is 586. The molecular formula is C16H19ClN2O. The van der Waals surface area contributed by atoms with Gasteiger partial charge in [0.15, 0.2) is 0 Å². The number of benzene rings is 2. The van der Waals surface area contributed by atoms with Gasteiger partial charge in [0.1, 0.15) is 12.4 Å². The number of hydrazine groups is 1. The number of ether oxygens (including phenoxy) is 1. The lowest BCUT2D eigenvalue weighted by Crippen LogP contribution is -2.32. The first-order valence-corrected chi connectivity index (χ1v) is 6.89. The van der Waals surface area contributed by atoms with E-state index in [1.807, 2.05) is 18.2 Å². The van der Waals surface area contributed by atoms with Crippen LogP contribution in [0.4, 0.5) is 0 Å². The maximum absolute atomic E-state index is 5.93. The molecule has 0 bridgehead atoms. The van der Waals surface area contributed by atoms with Crippen molar-refractivity contribution in [2.45, 2.75) is 19.9 Å². The van der Waals surface area contributed by atoms with Gasteiger partial charge in [-0.3, -0.25) is 5.84 Å². The lowest BCUT2D eigenvalue weighted by Gasteiger charge is -2.18. The first-order chi connectivity index (χ1) is 9.60. The van der Waals surface area contributed by atoms with Crippen molar-refractivity contribution in [3.8, 4) is 5.75 Å². The molecule has 2 aromatic rings. The van der Waals surface area contributed by atoms with E-state index in [-0.39, 0.29) is 6.04 Å². The maximum Gasteiger partial charge on any atom is 0.120 e. The molecule has 0 radical (unpaired) electrons. The van der Waals surface area contributed by atoms with Crippen LogP contribution in [0, 0.1) is 13.8 Å². The minimum absolute atomic E-state index is 0.0618. The largest absolute Gasteiger partial charge is 0.492 e. The summed E-state index contributed by atoms with van der Waals surface area (Å²) in [5.74, 6) is 6.37. The van der Waals surface area contributed by atoms with Crippen molar-refractivity contribution in [2.24, 2.45) is 5.84 Å². The summed E-state index contributed by atoms with van der Waals surface area (Å²) in [5.41, 5.74) is 6.41. The fraction of sp³-hybridized carbons (Fsp3) is 0.250. The van der Waals surface area contributed by atoms with E-state index in [2.05, 4.69) is 37.5 Å². The third kappa shape index (κ3) is 3.73. The van der Waals surface area contributed by atoms with E-state index >= 15 is 0 Å². The molecule has 1 unspecified atom stereocenters. The molecule has 4 heteroatoms. The number of nitrogens with two attached hydrogens (primary N) is 1. The van der Waals surface area contributed by atoms with E-state index in [1.54, 1.807) is 6.07 Å². The van der Waals surface area contributed by atoms with Gasteiger partial charge in [0, 0.05) is 5.02 Å². The quantitative estimate of drug-likeness (QED) is 0.654. The molecule has 0 aromatic heterocycles. The second kappa shape index (κ2) is 6.75. The van der Waals surface area contributed by atoms with Crippen molar-refractivity contribution in [2.75, 3.05) is 6.61 Å². The summed E-state index contributed by atoms with van der Waals surface area (Å²) < 4.78 is 5.74. The molecule has 3 N–H and O–H groups in total. The molecule has 0 aliphatic heterocycles. The monoisotopic (exact) mass is 290 g/mol. The summed E-state index contributed by atoms with van der Waals surface area (Å²) in [6.07, 6.45) is 0. The van der Waals surface area contributed by atoms with Crippen LogP contribution in [0.1, 0.15) is 22.7 Å². The average Bonchev–Trinajstić information content (AvgIpc) is 2.43. The summed E-state index contributed by atoms with van der Waals surface area (Å²) in [5, 5.41) is 0.658. The minimum atomic E-state index is -0.0618. The van der Waals surface area contributed by atoms with Gasteiger partial charge >= 0.3 is 0 Å². The minimum Gasteiger partial charge on any atom is -0.492 e. The van der Waals surface area contributed by atoms with Gasteiger partial charge in [-0.1, -0.05) is 35.9 Å². The van der Waals surface area contributed by atoms with E-state index in [9.17, 15) is 0 Å². The third-order valence-electron chi connectivity index (χ3n) is 3.35. The first kappa shape index (κ1) is 14.9. The Morgan fingerprint density at radius 2 is 1.95 bits per heavy atom. The molecular weight excluding hydrogens is 272 g/mol. The fourth-order valence-corrected chi connectivity index (χ4v) is 2.14. The predicted molar refractivity (Wildman–Crippen MR) is 82.9 cm³/mol. The molecule has 3 nitrogen and oxygen atoms in total. The highest BCUT2D eigenvalue weighted by Gasteiger charge is 2.11. The molecule has 0 saturated carbocycles. The van der Waals surface area contributed by atoms with Gasteiger partial charge in [-0.05, 0) is 48.7 Å². The summed E-state index contributed by atoms with van der Waals surface area (Å²) in [7, 11) is 0. The highest BCUT2D eigenvalue weighted by molar-refractivity contribution is 6.30. The number of nitrogens with one attached hydrogen (secondary N) is 1. The molecule has 0 spiro atoms. The van der Waals surface area contributed by atoms with Gasteiger partial charge in [-0.25, -0.2) is 5.43 Å². The van der Waals surface area contributed by atoms with E-state index in [0.29, 0.717) is 11.6 Å². The normalized spacial score (nSPS) is 12.2. The van der Waals surface area contributed by atoms with Crippen LogP contribution in [-0.2, 0) is 0 Å². The van der Waals surface area contributed by atoms with Crippen molar-refractivity contribution < 1.29 is 4.74 Å². The summed E-state index contributed by atoms with van der Waals surface area (Å²) in [4.78, 5) is 0. The van der Waals surface area contributed by atoms with Crippen molar-refractivity contribution in [3.63, 3.8) is 0 Å².